The normalized spacial score (nSPS) is 19.7. The lowest BCUT2D eigenvalue weighted by atomic mass is 10.2. The van der Waals surface area contributed by atoms with E-state index in [1.165, 1.54) is 0 Å². The Kier molecular flexibility index (Phi) is 5.46. The molecule has 2 aromatic carbocycles. The van der Waals surface area contributed by atoms with Gasteiger partial charge in [0.2, 0.25) is 5.91 Å². The summed E-state index contributed by atoms with van der Waals surface area (Å²) in [5, 5.41) is 0.659. The number of hydrogen-bond acceptors (Lipinski definition) is 4. The van der Waals surface area contributed by atoms with Crippen molar-refractivity contribution < 1.29 is 19.0 Å². The maximum Gasteiger partial charge on any atom is 0.221 e. The van der Waals surface area contributed by atoms with Gasteiger partial charge in [0.25, 0.3) is 0 Å². The van der Waals surface area contributed by atoms with E-state index in [1.54, 1.807) is 43.2 Å². The summed E-state index contributed by atoms with van der Waals surface area (Å²) in [4.78, 5) is 13.7. The Morgan fingerprint density at radius 2 is 1.80 bits per heavy atom. The van der Waals surface area contributed by atoms with Crippen LogP contribution in [-0.2, 0) is 9.53 Å². The number of amides is 1. The van der Waals surface area contributed by atoms with E-state index in [0.29, 0.717) is 18.2 Å². The Morgan fingerprint density at radius 1 is 1.16 bits per heavy atom. The van der Waals surface area contributed by atoms with E-state index in [2.05, 4.69) is 0 Å². The Morgan fingerprint density at radius 3 is 2.40 bits per heavy atom. The lowest BCUT2D eigenvalue weighted by Gasteiger charge is -2.21. The third kappa shape index (κ3) is 4.24. The molecule has 1 aliphatic rings. The number of nitrogens with zero attached hydrogens (tertiary/aromatic N) is 1. The van der Waals surface area contributed by atoms with Crippen molar-refractivity contribution in [2.24, 2.45) is 0 Å². The zero-order chi connectivity index (χ0) is 17.8. The average molecular weight is 362 g/mol. The minimum absolute atomic E-state index is 0.0326. The molecule has 0 N–H and O–H groups in total. The highest BCUT2D eigenvalue weighted by atomic mass is 35.5. The second-order valence-electron chi connectivity index (χ2n) is 5.82. The SMILES string of the molecule is COc1ccc([C@H]2O[C@H](COc3ccc(Cl)cc3)CN2C(C)=O)cc1. The van der Waals surface area contributed by atoms with Crippen molar-refractivity contribution in [2.45, 2.75) is 19.3 Å². The number of methoxy groups -OCH3 is 1. The van der Waals surface area contributed by atoms with E-state index < -0.39 is 6.23 Å². The van der Waals surface area contributed by atoms with Gasteiger partial charge in [0.1, 0.15) is 24.2 Å². The molecule has 0 spiro atoms. The van der Waals surface area contributed by atoms with E-state index in [9.17, 15) is 4.79 Å². The number of halogens is 1. The fraction of sp³-hybridized carbons (Fsp3) is 0.316. The molecule has 25 heavy (non-hydrogen) atoms. The summed E-state index contributed by atoms with van der Waals surface area (Å²) in [5.74, 6) is 1.45. The Balaban J connectivity index is 1.67. The van der Waals surface area contributed by atoms with E-state index in [-0.39, 0.29) is 12.0 Å². The summed E-state index contributed by atoms with van der Waals surface area (Å²) in [6.07, 6.45) is -0.617. The molecular weight excluding hydrogens is 342 g/mol. The first-order chi connectivity index (χ1) is 12.1. The van der Waals surface area contributed by atoms with Gasteiger partial charge in [-0.25, -0.2) is 0 Å². The Bertz CT molecular complexity index is 717. The molecule has 3 rings (SSSR count). The van der Waals surface area contributed by atoms with Crippen LogP contribution in [0, 0.1) is 0 Å². The van der Waals surface area contributed by atoms with Crippen LogP contribution in [0.5, 0.6) is 11.5 Å². The average Bonchev–Trinajstić information content (AvgIpc) is 3.06. The highest BCUT2D eigenvalue weighted by Gasteiger charge is 2.36. The molecule has 1 amide bonds. The van der Waals surface area contributed by atoms with Crippen LogP contribution >= 0.6 is 11.6 Å². The van der Waals surface area contributed by atoms with Gasteiger partial charge in [0.15, 0.2) is 6.23 Å². The molecule has 0 aliphatic carbocycles. The van der Waals surface area contributed by atoms with Gasteiger partial charge < -0.3 is 19.1 Å². The molecule has 1 heterocycles. The molecule has 0 bridgehead atoms. The molecule has 0 radical (unpaired) electrons. The monoisotopic (exact) mass is 361 g/mol. The van der Waals surface area contributed by atoms with Gasteiger partial charge in [-0.1, -0.05) is 23.7 Å². The van der Waals surface area contributed by atoms with E-state index in [4.69, 9.17) is 25.8 Å². The zero-order valence-corrected chi connectivity index (χ0v) is 14.9. The molecule has 2 aromatic rings. The second-order valence-corrected chi connectivity index (χ2v) is 6.26. The van der Waals surface area contributed by atoms with Crippen molar-refractivity contribution >= 4 is 17.5 Å². The van der Waals surface area contributed by atoms with Crippen LogP contribution in [-0.4, -0.2) is 37.2 Å². The van der Waals surface area contributed by atoms with Gasteiger partial charge in [0.05, 0.1) is 13.7 Å². The molecule has 0 aromatic heterocycles. The predicted octanol–water partition coefficient (Wildman–Crippen LogP) is 3.67. The van der Waals surface area contributed by atoms with Gasteiger partial charge in [-0.2, -0.15) is 0 Å². The van der Waals surface area contributed by atoms with Crippen LogP contribution in [0.1, 0.15) is 18.7 Å². The van der Waals surface area contributed by atoms with Crippen molar-refractivity contribution in [1.29, 1.82) is 0 Å². The lowest BCUT2D eigenvalue weighted by molar-refractivity contribution is -0.134. The van der Waals surface area contributed by atoms with Crippen molar-refractivity contribution in [3.05, 3.63) is 59.1 Å². The number of rotatable bonds is 5. The molecule has 2 atom stereocenters. The summed E-state index contributed by atoms with van der Waals surface area (Å²) in [6.45, 7) is 2.39. The van der Waals surface area contributed by atoms with Crippen molar-refractivity contribution in [1.82, 2.24) is 4.90 Å². The first-order valence-electron chi connectivity index (χ1n) is 8.02. The van der Waals surface area contributed by atoms with Crippen LogP contribution in [0.4, 0.5) is 0 Å². The smallest absolute Gasteiger partial charge is 0.221 e. The summed E-state index contributed by atoms with van der Waals surface area (Å²) in [5.41, 5.74) is 0.907. The van der Waals surface area contributed by atoms with Gasteiger partial charge >= 0.3 is 0 Å². The predicted molar refractivity (Wildman–Crippen MR) is 94.9 cm³/mol. The molecule has 1 fully saturated rings. The topological polar surface area (TPSA) is 48.0 Å². The quantitative estimate of drug-likeness (QED) is 0.815. The summed E-state index contributed by atoms with van der Waals surface area (Å²) in [7, 11) is 1.62. The van der Waals surface area contributed by atoms with E-state index >= 15 is 0 Å². The molecule has 1 aliphatic heterocycles. The van der Waals surface area contributed by atoms with Crippen LogP contribution in [0.15, 0.2) is 48.5 Å². The van der Waals surface area contributed by atoms with Gasteiger partial charge in [-0.05, 0) is 36.4 Å². The van der Waals surface area contributed by atoms with Gasteiger partial charge in [-0.15, -0.1) is 0 Å². The van der Waals surface area contributed by atoms with E-state index in [0.717, 1.165) is 17.1 Å². The van der Waals surface area contributed by atoms with Crippen LogP contribution in [0.2, 0.25) is 5.02 Å². The van der Waals surface area contributed by atoms with Gasteiger partial charge in [-0.3, -0.25) is 4.79 Å². The number of hydrogen-bond donors (Lipinski definition) is 0. The lowest BCUT2D eigenvalue weighted by Crippen LogP contribution is -2.30. The standard InChI is InChI=1S/C19H20ClNO4/c1-13(22)21-11-18(12-24-17-9-5-15(20)6-10-17)25-19(21)14-3-7-16(23-2)8-4-14/h3-10,18-19H,11-12H2,1-2H3/t18-,19+/m0/s1. The first-order valence-corrected chi connectivity index (χ1v) is 8.39. The summed E-state index contributed by atoms with van der Waals surface area (Å²) >= 11 is 5.87. The third-order valence-electron chi connectivity index (χ3n) is 4.06. The fourth-order valence-electron chi connectivity index (χ4n) is 2.75. The zero-order valence-electron chi connectivity index (χ0n) is 14.1. The minimum atomic E-state index is -0.415. The molecule has 132 valence electrons. The van der Waals surface area contributed by atoms with Gasteiger partial charge in [0, 0.05) is 17.5 Å². The second kappa shape index (κ2) is 7.76. The molecule has 0 unspecified atom stereocenters. The molecule has 0 saturated carbocycles. The number of carbonyl (C=O) groups excluding carboxylic acids is 1. The highest BCUT2D eigenvalue weighted by Crippen LogP contribution is 2.31. The maximum atomic E-state index is 12.0. The fourth-order valence-corrected chi connectivity index (χ4v) is 2.87. The molecule has 5 nitrogen and oxygen atoms in total. The van der Waals surface area contributed by atoms with Crippen molar-refractivity contribution in [2.75, 3.05) is 20.3 Å². The first kappa shape index (κ1) is 17.6. The summed E-state index contributed by atoms with van der Waals surface area (Å²) < 4.78 is 17.0. The Labute approximate surface area is 152 Å². The van der Waals surface area contributed by atoms with Crippen LogP contribution in [0.25, 0.3) is 0 Å². The third-order valence-corrected chi connectivity index (χ3v) is 4.31. The van der Waals surface area contributed by atoms with Crippen LogP contribution < -0.4 is 9.47 Å². The van der Waals surface area contributed by atoms with E-state index in [1.807, 2.05) is 24.3 Å². The molecular formula is C19H20ClNO4. The van der Waals surface area contributed by atoms with Crippen molar-refractivity contribution in [3.63, 3.8) is 0 Å². The maximum absolute atomic E-state index is 12.0. The number of carbonyl (C=O) groups is 1. The molecule has 6 heteroatoms. The highest BCUT2D eigenvalue weighted by molar-refractivity contribution is 6.30. The molecule has 1 saturated heterocycles. The largest absolute Gasteiger partial charge is 0.497 e. The minimum Gasteiger partial charge on any atom is -0.497 e. The Hall–Kier alpha value is -2.24. The number of benzene rings is 2. The van der Waals surface area contributed by atoms with Crippen molar-refractivity contribution in [3.8, 4) is 11.5 Å². The number of ether oxygens (including phenoxy) is 3. The van der Waals surface area contributed by atoms with Crippen LogP contribution in [0.3, 0.4) is 0 Å². The summed E-state index contributed by atoms with van der Waals surface area (Å²) in [6, 6.07) is 14.7.